The standard InChI is InChI=1S/C28H38N4O7S2/c1-5-8-15-32(16-9-6-2)41(37,38)21-12-10-20(11-13-21)25(34)29-27-24(26(35)30-28(36)39-7-3)22-14-17-31(19(4)33)18-23(22)40-27/h10-13H,5-9,14-18H2,1-4H3,(H,29,34)(H,30,35,36). The van der Waals surface area contributed by atoms with E-state index in [0.29, 0.717) is 31.6 Å². The number of fused-ring (bicyclic) bond motifs is 1. The van der Waals surface area contributed by atoms with Crippen molar-refractivity contribution in [3.05, 3.63) is 45.8 Å². The van der Waals surface area contributed by atoms with E-state index in [1.807, 2.05) is 13.8 Å². The van der Waals surface area contributed by atoms with Crippen LogP contribution in [0.2, 0.25) is 0 Å². The summed E-state index contributed by atoms with van der Waals surface area (Å²) in [5.41, 5.74) is 1.01. The summed E-state index contributed by atoms with van der Waals surface area (Å²) in [6, 6.07) is 5.69. The van der Waals surface area contributed by atoms with Crippen molar-refractivity contribution in [2.75, 3.05) is 31.6 Å². The number of hydrogen-bond donors (Lipinski definition) is 2. The predicted octanol–water partition coefficient (Wildman–Crippen LogP) is 4.38. The zero-order valence-corrected chi connectivity index (χ0v) is 25.6. The number of hydrogen-bond acceptors (Lipinski definition) is 8. The highest BCUT2D eigenvalue weighted by Gasteiger charge is 2.31. The predicted molar refractivity (Wildman–Crippen MR) is 157 cm³/mol. The van der Waals surface area contributed by atoms with Crippen LogP contribution in [0, 0.1) is 0 Å². The topological polar surface area (TPSA) is 142 Å². The van der Waals surface area contributed by atoms with Crippen LogP contribution >= 0.6 is 11.3 Å². The molecule has 0 spiro atoms. The molecule has 11 nitrogen and oxygen atoms in total. The Kier molecular flexibility index (Phi) is 11.4. The van der Waals surface area contributed by atoms with Crippen molar-refractivity contribution in [1.29, 1.82) is 0 Å². The first kappa shape index (κ1) is 32.2. The number of nitrogens with zero attached hydrogens (tertiary/aromatic N) is 2. The average molecular weight is 607 g/mol. The van der Waals surface area contributed by atoms with Crippen LogP contribution in [0.15, 0.2) is 29.2 Å². The molecule has 0 saturated carbocycles. The maximum absolute atomic E-state index is 13.3. The molecule has 4 amide bonds. The summed E-state index contributed by atoms with van der Waals surface area (Å²) in [5.74, 6) is -1.37. The molecular weight excluding hydrogens is 568 g/mol. The quantitative estimate of drug-likeness (QED) is 0.365. The highest BCUT2D eigenvalue weighted by Crippen LogP contribution is 2.37. The molecule has 1 aliphatic rings. The van der Waals surface area contributed by atoms with Crippen LogP contribution in [0.5, 0.6) is 0 Å². The van der Waals surface area contributed by atoms with Gasteiger partial charge >= 0.3 is 6.09 Å². The Morgan fingerprint density at radius 3 is 2.20 bits per heavy atom. The molecule has 3 rings (SSSR count). The van der Waals surface area contributed by atoms with Crippen molar-refractivity contribution in [1.82, 2.24) is 14.5 Å². The average Bonchev–Trinajstić information content (AvgIpc) is 3.30. The number of amides is 4. The Bertz CT molecular complexity index is 1360. The number of ether oxygens (including phenoxy) is 1. The number of unbranched alkanes of at least 4 members (excludes halogenated alkanes) is 2. The van der Waals surface area contributed by atoms with Crippen molar-refractivity contribution in [3.8, 4) is 0 Å². The fourth-order valence-electron chi connectivity index (χ4n) is 4.45. The Labute approximate surface area is 245 Å². The summed E-state index contributed by atoms with van der Waals surface area (Å²) in [4.78, 5) is 52.7. The van der Waals surface area contributed by atoms with E-state index in [2.05, 4.69) is 10.6 Å². The summed E-state index contributed by atoms with van der Waals surface area (Å²) in [7, 11) is -3.72. The fraction of sp³-hybridized carbons (Fsp3) is 0.500. The van der Waals surface area contributed by atoms with Gasteiger partial charge in [-0.2, -0.15) is 4.31 Å². The van der Waals surface area contributed by atoms with E-state index in [4.69, 9.17) is 4.74 Å². The summed E-state index contributed by atoms with van der Waals surface area (Å²) in [6.07, 6.45) is 2.73. The van der Waals surface area contributed by atoms with Gasteiger partial charge in [-0.25, -0.2) is 13.2 Å². The van der Waals surface area contributed by atoms with Gasteiger partial charge in [0.2, 0.25) is 15.9 Å². The molecule has 13 heteroatoms. The Morgan fingerprint density at radius 2 is 1.63 bits per heavy atom. The van der Waals surface area contributed by atoms with E-state index in [0.717, 1.165) is 41.9 Å². The summed E-state index contributed by atoms with van der Waals surface area (Å²) in [5, 5.41) is 5.17. The van der Waals surface area contributed by atoms with Crippen LogP contribution < -0.4 is 10.6 Å². The van der Waals surface area contributed by atoms with Gasteiger partial charge in [0.15, 0.2) is 0 Å². The molecule has 0 aliphatic carbocycles. The number of rotatable bonds is 12. The zero-order valence-electron chi connectivity index (χ0n) is 23.9. The van der Waals surface area contributed by atoms with Gasteiger partial charge in [0.05, 0.1) is 23.6 Å². The van der Waals surface area contributed by atoms with Gasteiger partial charge in [-0.1, -0.05) is 26.7 Å². The highest BCUT2D eigenvalue weighted by atomic mass is 32.2. The van der Waals surface area contributed by atoms with Crippen LogP contribution in [0.1, 0.15) is 84.5 Å². The largest absolute Gasteiger partial charge is 0.450 e. The molecule has 0 unspecified atom stereocenters. The Hall–Kier alpha value is -3.29. The van der Waals surface area contributed by atoms with Gasteiger partial charge in [0.25, 0.3) is 11.8 Å². The molecule has 0 bridgehead atoms. The first-order valence-electron chi connectivity index (χ1n) is 13.8. The monoisotopic (exact) mass is 606 g/mol. The van der Waals surface area contributed by atoms with Crippen LogP contribution in [-0.4, -0.2) is 67.7 Å². The van der Waals surface area contributed by atoms with Gasteiger partial charge in [-0.15, -0.1) is 11.3 Å². The lowest BCUT2D eigenvalue weighted by Gasteiger charge is -2.26. The smallest absolute Gasteiger partial charge is 0.414 e. The number of carbonyl (C=O) groups is 4. The molecule has 2 N–H and O–H groups in total. The number of alkyl carbamates (subject to hydrolysis) is 1. The second-order valence-corrected chi connectivity index (χ2v) is 12.7. The SMILES string of the molecule is CCCCN(CCCC)S(=O)(=O)c1ccc(C(=O)Nc2sc3c(c2C(=O)NC(=O)OCC)CCN(C(C)=O)C3)cc1. The third-order valence-corrected chi connectivity index (χ3v) is 9.77. The Balaban J connectivity index is 1.86. The second-order valence-electron chi connectivity index (χ2n) is 9.66. The molecule has 224 valence electrons. The molecule has 1 aliphatic heterocycles. The van der Waals surface area contributed by atoms with E-state index in [1.54, 1.807) is 11.8 Å². The molecule has 41 heavy (non-hydrogen) atoms. The normalized spacial score (nSPS) is 13.0. The minimum atomic E-state index is -3.72. The van der Waals surface area contributed by atoms with E-state index in [9.17, 15) is 27.6 Å². The number of carbonyl (C=O) groups excluding carboxylic acids is 4. The van der Waals surface area contributed by atoms with Crippen molar-refractivity contribution < 1.29 is 32.3 Å². The lowest BCUT2D eigenvalue weighted by molar-refractivity contribution is -0.129. The maximum atomic E-state index is 13.3. The lowest BCUT2D eigenvalue weighted by atomic mass is 10.0. The molecule has 2 heterocycles. The van der Waals surface area contributed by atoms with Gasteiger partial charge in [0.1, 0.15) is 5.00 Å². The van der Waals surface area contributed by atoms with E-state index in [1.165, 1.54) is 35.5 Å². The number of imide groups is 1. The molecule has 2 aromatic rings. The Morgan fingerprint density at radius 1 is 1.00 bits per heavy atom. The molecule has 0 saturated heterocycles. The number of sulfonamides is 1. The highest BCUT2D eigenvalue weighted by molar-refractivity contribution is 7.89. The van der Waals surface area contributed by atoms with Crippen molar-refractivity contribution in [3.63, 3.8) is 0 Å². The molecular formula is C28H38N4O7S2. The van der Waals surface area contributed by atoms with E-state index in [-0.39, 0.29) is 40.1 Å². The molecule has 1 aromatic carbocycles. The third-order valence-electron chi connectivity index (χ3n) is 6.72. The molecule has 0 atom stereocenters. The lowest BCUT2D eigenvalue weighted by Crippen LogP contribution is -2.35. The number of anilines is 1. The number of thiophene rings is 1. The summed E-state index contributed by atoms with van der Waals surface area (Å²) >= 11 is 1.16. The van der Waals surface area contributed by atoms with Crippen LogP contribution in [0.25, 0.3) is 0 Å². The van der Waals surface area contributed by atoms with Crippen molar-refractivity contribution in [2.45, 2.75) is 71.2 Å². The maximum Gasteiger partial charge on any atom is 0.414 e. The first-order chi connectivity index (χ1) is 19.5. The van der Waals surface area contributed by atoms with E-state index >= 15 is 0 Å². The minimum Gasteiger partial charge on any atom is -0.450 e. The number of nitrogens with one attached hydrogen (secondary N) is 2. The minimum absolute atomic E-state index is 0.0820. The summed E-state index contributed by atoms with van der Waals surface area (Å²) < 4.78 is 32.9. The number of benzene rings is 1. The first-order valence-corrected chi connectivity index (χ1v) is 16.1. The fourth-order valence-corrected chi connectivity index (χ4v) is 7.22. The van der Waals surface area contributed by atoms with Gasteiger partial charge in [-0.3, -0.25) is 19.7 Å². The molecule has 0 fully saturated rings. The summed E-state index contributed by atoms with van der Waals surface area (Å²) in [6.45, 7) is 8.72. The van der Waals surface area contributed by atoms with Crippen molar-refractivity contribution in [2.24, 2.45) is 0 Å². The van der Waals surface area contributed by atoms with Crippen LogP contribution in [-0.2, 0) is 32.5 Å². The van der Waals surface area contributed by atoms with Crippen LogP contribution in [0.3, 0.4) is 0 Å². The van der Waals surface area contributed by atoms with Crippen LogP contribution in [0.4, 0.5) is 9.80 Å². The third kappa shape index (κ3) is 7.92. The second kappa shape index (κ2) is 14.6. The van der Waals surface area contributed by atoms with Crippen molar-refractivity contribution >= 4 is 50.2 Å². The zero-order chi connectivity index (χ0) is 30.2. The van der Waals surface area contributed by atoms with Gasteiger partial charge in [0, 0.05) is 37.0 Å². The van der Waals surface area contributed by atoms with Gasteiger partial charge in [-0.05, 0) is 56.0 Å². The van der Waals surface area contributed by atoms with E-state index < -0.39 is 27.9 Å². The molecule has 0 radical (unpaired) electrons. The molecule has 1 aromatic heterocycles. The van der Waals surface area contributed by atoms with Gasteiger partial charge < -0.3 is 15.0 Å².